The molecule has 1 rings (SSSR count). The average molecular weight is 310 g/mol. The van der Waals surface area contributed by atoms with Crippen molar-refractivity contribution < 1.29 is 9.90 Å². The highest BCUT2D eigenvalue weighted by Crippen LogP contribution is 2.26. The molecule has 0 spiro atoms. The van der Waals surface area contributed by atoms with Crippen LogP contribution in [0.1, 0.15) is 6.42 Å². The molecular formula is C10H14BrClN2O2. The maximum absolute atomic E-state index is 11.4. The van der Waals surface area contributed by atoms with Gasteiger partial charge in [-0.1, -0.05) is 15.9 Å². The second kappa shape index (κ2) is 7.49. The second-order valence-electron chi connectivity index (χ2n) is 3.06. The van der Waals surface area contributed by atoms with E-state index in [0.717, 1.165) is 4.47 Å². The van der Waals surface area contributed by atoms with Crippen LogP contribution in [0.5, 0.6) is 5.75 Å². The first-order valence-corrected chi connectivity index (χ1v) is 5.35. The van der Waals surface area contributed by atoms with Gasteiger partial charge in [-0.3, -0.25) is 4.79 Å². The third-order valence-electron chi connectivity index (χ3n) is 1.83. The van der Waals surface area contributed by atoms with Crippen LogP contribution in [-0.2, 0) is 4.79 Å². The monoisotopic (exact) mass is 308 g/mol. The first kappa shape index (κ1) is 15.2. The Kier molecular flexibility index (Phi) is 7.12. The van der Waals surface area contributed by atoms with E-state index in [0.29, 0.717) is 18.7 Å². The molecule has 0 aliphatic carbocycles. The molecule has 0 saturated heterocycles. The number of hydrogen-bond acceptors (Lipinski definition) is 3. The lowest BCUT2D eigenvalue weighted by molar-refractivity contribution is -0.116. The third kappa shape index (κ3) is 4.83. The van der Waals surface area contributed by atoms with Crippen LogP contribution >= 0.6 is 28.3 Å². The Morgan fingerprint density at radius 1 is 1.50 bits per heavy atom. The maximum atomic E-state index is 11.4. The van der Waals surface area contributed by atoms with Gasteiger partial charge in [-0.05, 0) is 25.2 Å². The van der Waals surface area contributed by atoms with Gasteiger partial charge in [0.05, 0.1) is 5.69 Å². The molecule has 0 atom stereocenters. The molecule has 0 radical (unpaired) electrons. The van der Waals surface area contributed by atoms with Crippen LogP contribution in [0.15, 0.2) is 22.7 Å². The smallest absolute Gasteiger partial charge is 0.225 e. The van der Waals surface area contributed by atoms with Crippen LogP contribution < -0.4 is 10.6 Å². The molecular weight excluding hydrogens is 295 g/mol. The molecule has 1 aromatic rings. The van der Waals surface area contributed by atoms with Crippen molar-refractivity contribution in [2.24, 2.45) is 0 Å². The molecule has 0 heterocycles. The highest BCUT2D eigenvalue weighted by atomic mass is 79.9. The largest absolute Gasteiger partial charge is 0.506 e. The third-order valence-corrected chi connectivity index (χ3v) is 2.33. The molecule has 0 aromatic heterocycles. The van der Waals surface area contributed by atoms with E-state index in [1.165, 1.54) is 6.07 Å². The summed E-state index contributed by atoms with van der Waals surface area (Å²) in [7, 11) is 1.78. The van der Waals surface area contributed by atoms with Crippen molar-refractivity contribution in [2.45, 2.75) is 6.42 Å². The minimum Gasteiger partial charge on any atom is -0.506 e. The first-order valence-electron chi connectivity index (χ1n) is 4.56. The number of phenolic OH excluding ortho intramolecular Hbond substituents is 1. The summed E-state index contributed by atoms with van der Waals surface area (Å²) < 4.78 is 0.809. The minimum absolute atomic E-state index is 0. The Bertz CT molecular complexity index is 361. The predicted molar refractivity (Wildman–Crippen MR) is 70.2 cm³/mol. The molecule has 90 valence electrons. The molecule has 0 bridgehead atoms. The molecule has 1 amide bonds. The first-order chi connectivity index (χ1) is 7.13. The van der Waals surface area contributed by atoms with Gasteiger partial charge in [0, 0.05) is 17.4 Å². The molecule has 0 aliphatic rings. The number of hydrogen-bond donors (Lipinski definition) is 3. The molecule has 16 heavy (non-hydrogen) atoms. The molecule has 0 aliphatic heterocycles. The highest BCUT2D eigenvalue weighted by Gasteiger charge is 2.05. The van der Waals surface area contributed by atoms with E-state index in [4.69, 9.17) is 0 Å². The minimum atomic E-state index is -0.127. The van der Waals surface area contributed by atoms with E-state index >= 15 is 0 Å². The van der Waals surface area contributed by atoms with Crippen molar-refractivity contribution in [3.05, 3.63) is 22.7 Å². The molecule has 4 nitrogen and oxygen atoms in total. The summed E-state index contributed by atoms with van der Waals surface area (Å²) >= 11 is 3.26. The number of phenols is 1. The lowest BCUT2D eigenvalue weighted by Gasteiger charge is -2.07. The average Bonchev–Trinajstić information content (AvgIpc) is 2.20. The Labute approximate surface area is 109 Å². The fourth-order valence-electron chi connectivity index (χ4n) is 1.06. The zero-order valence-electron chi connectivity index (χ0n) is 8.79. The van der Waals surface area contributed by atoms with E-state index in [1.807, 2.05) is 0 Å². The van der Waals surface area contributed by atoms with Crippen LogP contribution in [0.3, 0.4) is 0 Å². The second-order valence-corrected chi connectivity index (χ2v) is 3.98. The van der Waals surface area contributed by atoms with Crippen molar-refractivity contribution in [3.63, 3.8) is 0 Å². The van der Waals surface area contributed by atoms with Crippen molar-refractivity contribution in [3.8, 4) is 5.75 Å². The summed E-state index contributed by atoms with van der Waals surface area (Å²) in [6.07, 6.45) is 0.377. The number of benzene rings is 1. The quantitative estimate of drug-likeness (QED) is 0.747. The van der Waals surface area contributed by atoms with Crippen LogP contribution in [0.2, 0.25) is 0 Å². The highest BCUT2D eigenvalue weighted by molar-refractivity contribution is 9.10. The summed E-state index contributed by atoms with van der Waals surface area (Å²) in [4.78, 5) is 11.4. The lowest BCUT2D eigenvalue weighted by Crippen LogP contribution is -2.18. The lowest BCUT2D eigenvalue weighted by atomic mass is 10.3. The number of carbonyl (C=O) groups is 1. The van der Waals surface area contributed by atoms with E-state index in [2.05, 4.69) is 26.6 Å². The summed E-state index contributed by atoms with van der Waals surface area (Å²) in [5.41, 5.74) is 0.422. The van der Waals surface area contributed by atoms with Crippen molar-refractivity contribution >= 4 is 39.9 Å². The fraction of sp³-hybridized carbons (Fsp3) is 0.300. The summed E-state index contributed by atoms with van der Waals surface area (Å²) in [5.74, 6) is -0.0613. The summed E-state index contributed by atoms with van der Waals surface area (Å²) in [5, 5.41) is 15.0. The number of aromatic hydroxyl groups is 1. The van der Waals surface area contributed by atoms with Gasteiger partial charge >= 0.3 is 0 Å². The summed E-state index contributed by atoms with van der Waals surface area (Å²) in [6, 6.07) is 4.89. The zero-order chi connectivity index (χ0) is 11.3. The predicted octanol–water partition coefficient (Wildman–Crippen LogP) is 2.12. The van der Waals surface area contributed by atoms with Gasteiger partial charge in [-0.15, -0.1) is 12.4 Å². The normalized spacial score (nSPS) is 9.38. The molecule has 6 heteroatoms. The van der Waals surface area contributed by atoms with Gasteiger partial charge in [0.15, 0.2) is 0 Å². The van der Waals surface area contributed by atoms with Crippen LogP contribution in [0.4, 0.5) is 5.69 Å². The molecule has 0 fully saturated rings. The van der Waals surface area contributed by atoms with E-state index in [9.17, 15) is 9.90 Å². The summed E-state index contributed by atoms with van der Waals surface area (Å²) in [6.45, 7) is 0.612. The number of halogens is 2. The van der Waals surface area contributed by atoms with Crippen LogP contribution in [0.25, 0.3) is 0 Å². The van der Waals surface area contributed by atoms with Crippen molar-refractivity contribution in [1.82, 2.24) is 5.32 Å². The molecule has 1 aromatic carbocycles. The molecule has 3 N–H and O–H groups in total. The fourth-order valence-corrected chi connectivity index (χ4v) is 1.42. The van der Waals surface area contributed by atoms with E-state index < -0.39 is 0 Å². The van der Waals surface area contributed by atoms with Crippen molar-refractivity contribution in [1.29, 1.82) is 0 Å². The van der Waals surface area contributed by atoms with Gasteiger partial charge in [0.1, 0.15) is 5.75 Å². The van der Waals surface area contributed by atoms with Gasteiger partial charge < -0.3 is 15.7 Å². The Morgan fingerprint density at radius 2 is 2.19 bits per heavy atom. The Morgan fingerprint density at radius 3 is 2.81 bits per heavy atom. The van der Waals surface area contributed by atoms with E-state index in [1.54, 1.807) is 19.2 Å². The van der Waals surface area contributed by atoms with Crippen LogP contribution in [-0.4, -0.2) is 24.6 Å². The maximum Gasteiger partial charge on any atom is 0.225 e. The van der Waals surface area contributed by atoms with Gasteiger partial charge in [-0.25, -0.2) is 0 Å². The number of anilines is 1. The van der Waals surface area contributed by atoms with Crippen molar-refractivity contribution in [2.75, 3.05) is 18.9 Å². The van der Waals surface area contributed by atoms with E-state index in [-0.39, 0.29) is 24.1 Å². The zero-order valence-corrected chi connectivity index (χ0v) is 11.2. The Hall–Kier alpha value is -0.780. The number of rotatable bonds is 4. The van der Waals surface area contributed by atoms with Gasteiger partial charge in [-0.2, -0.15) is 0 Å². The van der Waals surface area contributed by atoms with Gasteiger partial charge in [0.25, 0.3) is 0 Å². The molecule has 0 saturated carbocycles. The SMILES string of the molecule is CNCCC(=O)Nc1cc(Br)ccc1O.Cl. The van der Waals surface area contributed by atoms with Crippen LogP contribution in [0, 0.1) is 0 Å². The number of carbonyl (C=O) groups excluding carboxylic acids is 1. The Balaban J connectivity index is 0.00000225. The number of amides is 1. The molecule has 0 unspecified atom stereocenters. The topological polar surface area (TPSA) is 61.4 Å². The standard InChI is InChI=1S/C10H13BrN2O2.ClH/c1-12-5-4-10(15)13-8-6-7(11)2-3-9(8)14;/h2-3,6,12,14H,4-5H2,1H3,(H,13,15);1H. The number of nitrogens with one attached hydrogen (secondary N) is 2. The van der Waals surface area contributed by atoms with Gasteiger partial charge in [0.2, 0.25) is 5.91 Å².